The molecular formula is C12H14BrN3O2S2. The quantitative estimate of drug-likeness (QED) is 0.842. The molecule has 0 bridgehead atoms. The molecule has 0 saturated heterocycles. The van der Waals surface area contributed by atoms with Crippen molar-refractivity contribution in [2.45, 2.75) is 17.9 Å². The molecule has 0 aliphatic rings. The molecule has 1 heterocycles. The van der Waals surface area contributed by atoms with Crippen LogP contribution in [0.4, 0.5) is 5.13 Å². The van der Waals surface area contributed by atoms with Crippen molar-refractivity contribution < 1.29 is 8.42 Å². The average Bonchev–Trinajstić information content (AvgIpc) is 2.82. The van der Waals surface area contributed by atoms with Crippen LogP contribution in [0, 0.1) is 0 Å². The van der Waals surface area contributed by atoms with Crippen molar-refractivity contribution in [3.63, 3.8) is 0 Å². The molecule has 1 unspecified atom stereocenters. The maximum Gasteiger partial charge on any atom is 0.263 e. The predicted molar refractivity (Wildman–Crippen MR) is 84.5 cm³/mol. The van der Waals surface area contributed by atoms with E-state index in [9.17, 15) is 8.42 Å². The topological polar surface area (TPSA) is 71.1 Å². The molecule has 2 N–H and O–H groups in total. The van der Waals surface area contributed by atoms with Gasteiger partial charge >= 0.3 is 0 Å². The lowest BCUT2D eigenvalue weighted by atomic mass is 10.1. The summed E-state index contributed by atoms with van der Waals surface area (Å²) in [4.78, 5) is 4.18. The third-order valence-corrected chi connectivity index (χ3v) is 5.70. The number of hydrogen-bond donors (Lipinski definition) is 2. The molecule has 0 radical (unpaired) electrons. The largest absolute Gasteiger partial charge is 0.313 e. The van der Waals surface area contributed by atoms with E-state index in [2.05, 4.69) is 31.0 Å². The zero-order valence-corrected chi connectivity index (χ0v) is 14.1. The van der Waals surface area contributed by atoms with Crippen LogP contribution in [0.25, 0.3) is 0 Å². The van der Waals surface area contributed by atoms with E-state index in [1.54, 1.807) is 30.5 Å². The van der Waals surface area contributed by atoms with E-state index in [1.165, 1.54) is 11.3 Å². The number of benzene rings is 1. The summed E-state index contributed by atoms with van der Waals surface area (Å²) in [5.41, 5.74) is 1.03. The number of sulfonamides is 1. The Bertz CT molecular complexity index is 683. The first-order valence-corrected chi connectivity index (χ1v) is 8.93. The van der Waals surface area contributed by atoms with Crippen LogP contribution in [-0.2, 0) is 10.0 Å². The number of nitrogens with zero attached hydrogens (tertiary/aromatic N) is 1. The van der Waals surface area contributed by atoms with Crippen molar-refractivity contribution in [1.82, 2.24) is 10.3 Å². The Hall–Kier alpha value is -0.960. The Morgan fingerprint density at radius 1 is 1.30 bits per heavy atom. The number of anilines is 1. The van der Waals surface area contributed by atoms with E-state index in [0.717, 1.165) is 9.35 Å². The minimum Gasteiger partial charge on any atom is -0.313 e. The summed E-state index contributed by atoms with van der Waals surface area (Å²) in [5, 5.41) is 3.44. The molecule has 2 rings (SSSR count). The van der Waals surface area contributed by atoms with Gasteiger partial charge in [0.2, 0.25) is 0 Å². The maximum absolute atomic E-state index is 12.2. The summed E-state index contributed by atoms with van der Waals surface area (Å²) in [6, 6.07) is 6.96. The monoisotopic (exact) mass is 375 g/mol. The SMILES string of the molecule is CNC(C)c1ccc(S(=O)(=O)Nc2ncc(Br)s2)cc1. The average molecular weight is 376 g/mol. The highest BCUT2D eigenvalue weighted by Crippen LogP contribution is 2.25. The summed E-state index contributed by atoms with van der Waals surface area (Å²) < 4.78 is 27.6. The normalized spacial score (nSPS) is 13.2. The van der Waals surface area contributed by atoms with Crippen molar-refractivity contribution in [2.75, 3.05) is 11.8 Å². The van der Waals surface area contributed by atoms with E-state index in [-0.39, 0.29) is 10.9 Å². The molecular weight excluding hydrogens is 362 g/mol. The van der Waals surface area contributed by atoms with Gasteiger partial charge in [0, 0.05) is 6.04 Å². The third-order valence-electron chi connectivity index (χ3n) is 2.82. The minimum atomic E-state index is -3.59. The Kier molecular flexibility index (Phi) is 4.79. The second-order valence-corrected chi connectivity index (χ2v) is 8.25. The Morgan fingerprint density at radius 2 is 1.95 bits per heavy atom. The van der Waals surface area contributed by atoms with E-state index >= 15 is 0 Å². The van der Waals surface area contributed by atoms with Crippen LogP contribution in [-0.4, -0.2) is 20.4 Å². The molecule has 0 fully saturated rings. The number of rotatable bonds is 5. The van der Waals surface area contributed by atoms with Crippen molar-refractivity contribution >= 4 is 42.4 Å². The Balaban J connectivity index is 2.21. The maximum atomic E-state index is 12.2. The van der Waals surface area contributed by atoms with Gasteiger partial charge in [-0.05, 0) is 47.6 Å². The molecule has 8 heteroatoms. The zero-order chi connectivity index (χ0) is 14.8. The van der Waals surface area contributed by atoms with Crippen molar-refractivity contribution in [1.29, 1.82) is 0 Å². The number of hydrogen-bond acceptors (Lipinski definition) is 5. The van der Waals surface area contributed by atoms with E-state index in [0.29, 0.717) is 5.13 Å². The smallest absolute Gasteiger partial charge is 0.263 e. The fourth-order valence-corrected chi connectivity index (χ4v) is 3.93. The van der Waals surface area contributed by atoms with E-state index in [1.807, 2.05) is 14.0 Å². The molecule has 20 heavy (non-hydrogen) atoms. The van der Waals surface area contributed by atoms with Crippen molar-refractivity contribution in [3.8, 4) is 0 Å². The zero-order valence-electron chi connectivity index (χ0n) is 10.9. The predicted octanol–water partition coefficient (Wildman–Crippen LogP) is 2.99. The van der Waals surface area contributed by atoms with Gasteiger partial charge in [-0.2, -0.15) is 0 Å². The number of halogens is 1. The Morgan fingerprint density at radius 3 is 2.45 bits per heavy atom. The van der Waals surface area contributed by atoms with Gasteiger partial charge in [0.1, 0.15) is 0 Å². The van der Waals surface area contributed by atoms with Crippen LogP contribution < -0.4 is 10.0 Å². The second kappa shape index (κ2) is 6.21. The van der Waals surface area contributed by atoms with Crippen LogP contribution >= 0.6 is 27.3 Å². The van der Waals surface area contributed by atoms with Gasteiger partial charge in [0.05, 0.1) is 14.9 Å². The highest BCUT2D eigenvalue weighted by Gasteiger charge is 2.16. The van der Waals surface area contributed by atoms with Gasteiger partial charge in [-0.1, -0.05) is 23.5 Å². The van der Waals surface area contributed by atoms with Crippen LogP contribution in [0.5, 0.6) is 0 Å². The molecule has 0 aliphatic heterocycles. The molecule has 0 aliphatic carbocycles. The highest BCUT2D eigenvalue weighted by molar-refractivity contribution is 9.11. The first kappa shape index (κ1) is 15.4. The standard InChI is InChI=1S/C12H14BrN3O2S2/c1-8(14-2)9-3-5-10(6-4-9)20(17,18)16-12-15-7-11(13)19-12/h3-8,14H,1-2H3,(H,15,16). The molecule has 108 valence electrons. The van der Waals surface area contributed by atoms with Gasteiger partial charge in [-0.25, -0.2) is 13.4 Å². The number of nitrogens with one attached hydrogen (secondary N) is 2. The van der Waals surface area contributed by atoms with E-state index in [4.69, 9.17) is 0 Å². The lowest BCUT2D eigenvalue weighted by molar-refractivity contribution is 0.600. The van der Waals surface area contributed by atoms with Gasteiger partial charge in [0.15, 0.2) is 5.13 Å². The molecule has 0 saturated carbocycles. The lowest BCUT2D eigenvalue weighted by Gasteiger charge is -2.11. The van der Waals surface area contributed by atoms with Crippen LogP contribution in [0.3, 0.4) is 0 Å². The summed E-state index contributed by atoms with van der Waals surface area (Å²) in [6.45, 7) is 2.01. The van der Waals surface area contributed by atoms with Crippen LogP contribution in [0.1, 0.15) is 18.5 Å². The van der Waals surface area contributed by atoms with Gasteiger partial charge in [-0.15, -0.1) is 0 Å². The summed E-state index contributed by atoms with van der Waals surface area (Å²) in [6.07, 6.45) is 1.56. The fraction of sp³-hybridized carbons (Fsp3) is 0.250. The molecule has 0 amide bonds. The molecule has 1 aromatic heterocycles. The lowest BCUT2D eigenvalue weighted by Crippen LogP contribution is -2.14. The highest BCUT2D eigenvalue weighted by atomic mass is 79.9. The summed E-state index contributed by atoms with van der Waals surface area (Å²) in [5.74, 6) is 0. The van der Waals surface area contributed by atoms with E-state index < -0.39 is 10.0 Å². The number of aromatic nitrogens is 1. The summed E-state index contributed by atoms with van der Waals surface area (Å²) in [7, 11) is -1.73. The molecule has 2 aromatic rings. The van der Waals surface area contributed by atoms with Gasteiger partial charge in [0.25, 0.3) is 10.0 Å². The van der Waals surface area contributed by atoms with Gasteiger partial charge in [-0.3, -0.25) is 4.72 Å². The molecule has 1 aromatic carbocycles. The molecule has 1 atom stereocenters. The fourth-order valence-electron chi connectivity index (χ4n) is 1.58. The molecule has 5 nitrogen and oxygen atoms in total. The van der Waals surface area contributed by atoms with Gasteiger partial charge < -0.3 is 5.32 Å². The van der Waals surface area contributed by atoms with Crippen LogP contribution in [0.15, 0.2) is 39.1 Å². The van der Waals surface area contributed by atoms with Crippen molar-refractivity contribution in [3.05, 3.63) is 39.8 Å². The Labute approximate surface area is 130 Å². The van der Waals surface area contributed by atoms with Crippen LogP contribution in [0.2, 0.25) is 0 Å². The third kappa shape index (κ3) is 3.57. The molecule has 0 spiro atoms. The minimum absolute atomic E-state index is 0.176. The van der Waals surface area contributed by atoms with Crippen molar-refractivity contribution in [2.24, 2.45) is 0 Å². The second-order valence-electron chi connectivity index (χ2n) is 4.15. The summed E-state index contributed by atoms with van der Waals surface area (Å²) >= 11 is 4.47. The first-order valence-electron chi connectivity index (χ1n) is 5.84. The number of thiazole rings is 1. The first-order chi connectivity index (χ1) is 9.42.